The molecule has 3 heteroatoms. The second-order valence-corrected chi connectivity index (χ2v) is 6.64. The molecule has 0 aromatic heterocycles. The highest BCUT2D eigenvalue weighted by atomic mass is 16.2. The monoisotopic (exact) mass is 288 g/mol. The number of hydrogen-bond donors (Lipinski definition) is 0. The first-order chi connectivity index (χ1) is 10.0. The number of nitrogens with zero attached hydrogens (tertiary/aromatic N) is 2. The number of benzene rings is 1. The van der Waals surface area contributed by atoms with Crippen molar-refractivity contribution in [3.05, 3.63) is 35.9 Å². The van der Waals surface area contributed by atoms with Crippen LogP contribution in [0, 0.1) is 11.8 Å². The van der Waals surface area contributed by atoms with Crippen molar-refractivity contribution in [2.24, 2.45) is 11.8 Å². The summed E-state index contributed by atoms with van der Waals surface area (Å²) in [6.07, 6.45) is 2.28. The fourth-order valence-electron chi connectivity index (χ4n) is 3.40. The van der Waals surface area contributed by atoms with Crippen molar-refractivity contribution in [3.63, 3.8) is 0 Å². The standard InChI is InChI=1S/C18H28N2O/c1-15(11-17-7-5-4-6-8-17)12-19(3)13-18-9-10-20(14-18)16(2)21/h4-8,15,18H,9-14H2,1-3H3. The largest absolute Gasteiger partial charge is 0.343 e. The Morgan fingerprint density at radius 2 is 2.10 bits per heavy atom. The topological polar surface area (TPSA) is 23.6 Å². The van der Waals surface area contributed by atoms with E-state index in [1.165, 1.54) is 5.56 Å². The Labute approximate surface area is 128 Å². The molecule has 3 nitrogen and oxygen atoms in total. The average molecular weight is 288 g/mol. The Morgan fingerprint density at radius 3 is 2.71 bits per heavy atom. The van der Waals surface area contributed by atoms with Crippen molar-refractivity contribution in [2.75, 3.05) is 33.2 Å². The van der Waals surface area contributed by atoms with Gasteiger partial charge < -0.3 is 9.80 Å². The molecule has 21 heavy (non-hydrogen) atoms. The van der Waals surface area contributed by atoms with Crippen LogP contribution in [0.4, 0.5) is 0 Å². The number of hydrogen-bond acceptors (Lipinski definition) is 2. The lowest BCUT2D eigenvalue weighted by Gasteiger charge is -2.24. The van der Waals surface area contributed by atoms with Gasteiger partial charge >= 0.3 is 0 Å². The Hall–Kier alpha value is -1.35. The minimum absolute atomic E-state index is 0.220. The van der Waals surface area contributed by atoms with Crippen molar-refractivity contribution >= 4 is 5.91 Å². The molecular weight excluding hydrogens is 260 g/mol. The maximum atomic E-state index is 11.4. The second kappa shape index (κ2) is 7.60. The molecule has 116 valence electrons. The SMILES string of the molecule is CC(=O)N1CCC(CN(C)CC(C)Cc2ccccc2)C1. The molecular formula is C18H28N2O. The first kappa shape index (κ1) is 16.0. The Kier molecular flexibility index (Phi) is 5.80. The summed E-state index contributed by atoms with van der Waals surface area (Å²) < 4.78 is 0. The van der Waals surface area contributed by atoms with Crippen LogP contribution in [-0.4, -0.2) is 48.9 Å². The third kappa shape index (κ3) is 5.16. The molecule has 1 aliphatic heterocycles. The molecule has 1 amide bonds. The molecule has 1 saturated heterocycles. The zero-order valence-corrected chi connectivity index (χ0v) is 13.6. The predicted molar refractivity (Wildman–Crippen MR) is 87.2 cm³/mol. The number of carbonyl (C=O) groups is 1. The van der Waals surface area contributed by atoms with Gasteiger partial charge in [-0.3, -0.25) is 4.79 Å². The van der Waals surface area contributed by atoms with E-state index >= 15 is 0 Å². The van der Waals surface area contributed by atoms with Crippen molar-refractivity contribution in [1.82, 2.24) is 9.80 Å². The summed E-state index contributed by atoms with van der Waals surface area (Å²) in [6.45, 7) is 8.09. The highest BCUT2D eigenvalue weighted by Crippen LogP contribution is 2.18. The van der Waals surface area contributed by atoms with E-state index in [0.717, 1.165) is 39.0 Å². The van der Waals surface area contributed by atoms with Gasteiger partial charge in [0.2, 0.25) is 5.91 Å². The van der Waals surface area contributed by atoms with Crippen molar-refractivity contribution in [3.8, 4) is 0 Å². The first-order valence-electron chi connectivity index (χ1n) is 8.02. The lowest BCUT2D eigenvalue weighted by molar-refractivity contribution is -0.127. The van der Waals surface area contributed by atoms with E-state index in [9.17, 15) is 4.79 Å². The van der Waals surface area contributed by atoms with Crippen LogP contribution in [0.3, 0.4) is 0 Å². The predicted octanol–water partition coefficient (Wildman–Crippen LogP) is 2.67. The van der Waals surface area contributed by atoms with Gasteiger partial charge in [-0.2, -0.15) is 0 Å². The minimum Gasteiger partial charge on any atom is -0.343 e. The molecule has 0 bridgehead atoms. The molecule has 0 spiro atoms. The van der Waals surface area contributed by atoms with Gasteiger partial charge in [-0.25, -0.2) is 0 Å². The molecule has 0 aliphatic carbocycles. The van der Waals surface area contributed by atoms with E-state index in [1.807, 2.05) is 4.90 Å². The molecule has 1 heterocycles. The number of carbonyl (C=O) groups excluding carboxylic acids is 1. The van der Waals surface area contributed by atoms with Gasteiger partial charge in [-0.1, -0.05) is 37.3 Å². The molecule has 1 aromatic rings. The third-order valence-electron chi connectivity index (χ3n) is 4.35. The van der Waals surface area contributed by atoms with Crippen LogP contribution in [-0.2, 0) is 11.2 Å². The van der Waals surface area contributed by atoms with Crippen molar-refractivity contribution in [2.45, 2.75) is 26.7 Å². The van der Waals surface area contributed by atoms with E-state index < -0.39 is 0 Å². The van der Waals surface area contributed by atoms with Crippen molar-refractivity contribution in [1.29, 1.82) is 0 Å². The molecule has 2 atom stereocenters. The minimum atomic E-state index is 0.220. The summed E-state index contributed by atoms with van der Waals surface area (Å²) in [7, 11) is 2.21. The summed E-state index contributed by atoms with van der Waals surface area (Å²) in [5.41, 5.74) is 1.42. The summed E-state index contributed by atoms with van der Waals surface area (Å²) in [5, 5.41) is 0. The Balaban J connectivity index is 1.72. The normalized spacial score (nSPS) is 20.0. The molecule has 1 fully saturated rings. The van der Waals surface area contributed by atoms with Gasteiger partial charge in [-0.05, 0) is 37.3 Å². The molecule has 2 rings (SSSR count). The van der Waals surface area contributed by atoms with E-state index in [0.29, 0.717) is 11.8 Å². The molecule has 0 N–H and O–H groups in total. The van der Waals surface area contributed by atoms with Gasteiger partial charge in [0, 0.05) is 33.1 Å². The highest BCUT2D eigenvalue weighted by Gasteiger charge is 2.25. The van der Waals surface area contributed by atoms with E-state index in [1.54, 1.807) is 6.92 Å². The Bertz CT molecular complexity index is 446. The fourth-order valence-corrected chi connectivity index (χ4v) is 3.40. The van der Waals surface area contributed by atoms with Gasteiger partial charge in [0.15, 0.2) is 0 Å². The quantitative estimate of drug-likeness (QED) is 0.803. The summed E-state index contributed by atoms with van der Waals surface area (Å²) >= 11 is 0. The third-order valence-corrected chi connectivity index (χ3v) is 4.35. The number of likely N-dealkylation sites (tertiary alicyclic amines) is 1. The van der Waals surface area contributed by atoms with Gasteiger partial charge in [-0.15, -0.1) is 0 Å². The van der Waals surface area contributed by atoms with Crippen LogP contribution in [0.15, 0.2) is 30.3 Å². The van der Waals surface area contributed by atoms with Gasteiger partial charge in [0.1, 0.15) is 0 Å². The van der Waals surface area contributed by atoms with E-state index in [-0.39, 0.29) is 5.91 Å². The molecule has 2 unspecified atom stereocenters. The smallest absolute Gasteiger partial charge is 0.219 e. The second-order valence-electron chi connectivity index (χ2n) is 6.64. The fraction of sp³-hybridized carbons (Fsp3) is 0.611. The summed E-state index contributed by atoms with van der Waals surface area (Å²) in [5.74, 6) is 1.52. The highest BCUT2D eigenvalue weighted by molar-refractivity contribution is 5.73. The molecule has 1 aliphatic rings. The maximum Gasteiger partial charge on any atom is 0.219 e. The zero-order chi connectivity index (χ0) is 15.2. The van der Waals surface area contributed by atoms with Gasteiger partial charge in [0.05, 0.1) is 0 Å². The number of amides is 1. The van der Waals surface area contributed by atoms with Crippen LogP contribution >= 0.6 is 0 Å². The van der Waals surface area contributed by atoms with Crippen LogP contribution in [0.1, 0.15) is 25.8 Å². The average Bonchev–Trinajstić information content (AvgIpc) is 2.88. The number of rotatable bonds is 6. The lowest BCUT2D eigenvalue weighted by atomic mass is 10.00. The lowest BCUT2D eigenvalue weighted by Crippen LogP contribution is -2.32. The van der Waals surface area contributed by atoms with Crippen LogP contribution < -0.4 is 0 Å². The van der Waals surface area contributed by atoms with Crippen LogP contribution in [0.25, 0.3) is 0 Å². The van der Waals surface area contributed by atoms with E-state index in [4.69, 9.17) is 0 Å². The maximum absolute atomic E-state index is 11.4. The summed E-state index contributed by atoms with van der Waals surface area (Å²) in [4.78, 5) is 15.8. The first-order valence-corrected chi connectivity index (χ1v) is 8.02. The summed E-state index contributed by atoms with van der Waals surface area (Å²) in [6, 6.07) is 10.7. The van der Waals surface area contributed by atoms with Crippen molar-refractivity contribution < 1.29 is 4.79 Å². The zero-order valence-electron chi connectivity index (χ0n) is 13.6. The molecule has 0 radical (unpaired) electrons. The van der Waals surface area contributed by atoms with Crippen LogP contribution in [0.5, 0.6) is 0 Å². The Morgan fingerprint density at radius 1 is 1.38 bits per heavy atom. The van der Waals surface area contributed by atoms with E-state index in [2.05, 4.69) is 49.2 Å². The van der Waals surface area contributed by atoms with Crippen LogP contribution in [0.2, 0.25) is 0 Å². The molecule has 1 aromatic carbocycles. The molecule has 0 saturated carbocycles. The van der Waals surface area contributed by atoms with Gasteiger partial charge in [0.25, 0.3) is 0 Å².